The molecule has 0 aliphatic carbocycles. The molecule has 0 saturated carbocycles. The first-order valence-electron chi connectivity index (χ1n) is 4.64. The second-order valence-electron chi connectivity index (χ2n) is 3.35. The van der Waals surface area contributed by atoms with E-state index in [4.69, 9.17) is 23.2 Å². The SMILES string of the molecule is Clc1[c]cc(Cc2ccc(Cl)cc2)cc1. The Bertz CT molecular complexity index is 386. The summed E-state index contributed by atoms with van der Waals surface area (Å²) in [5, 5.41) is 1.41. The first kappa shape index (κ1) is 10.5. The van der Waals surface area contributed by atoms with Crippen molar-refractivity contribution in [3.05, 3.63) is 69.7 Å². The number of hydrogen-bond acceptors (Lipinski definition) is 0. The maximum atomic E-state index is 5.81. The highest BCUT2D eigenvalue weighted by atomic mass is 35.5. The molecule has 0 aromatic heterocycles. The summed E-state index contributed by atoms with van der Waals surface area (Å²) in [4.78, 5) is 0. The zero-order chi connectivity index (χ0) is 10.7. The van der Waals surface area contributed by atoms with Crippen molar-refractivity contribution in [2.24, 2.45) is 0 Å². The Kier molecular flexibility index (Phi) is 3.30. The monoisotopic (exact) mass is 235 g/mol. The van der Waals surface area contributed by atoms with Crippen molar-refractivity contribution in [3.8, 4) is 0 Å². The number of hydrogen-bond donors (Lipinski definition) is 0. The van der Waals surface area contributed by atoms with Crippen molar-refractivity contribution >= 4 is 23.2 Å². The molecular weight excluding hydrogens is 227 g/mol. The van der Waals surface area contributed by atoms with Gasteiger partial charge in [-0.15, -0.1) is 0 Å². The Hall–Kier alpha value is -0.980. The van der Waals surface area contributed by atoms with Crippen LogP contribution in [0.5, 0.6) is 0 Å². The molecule has 0 N–H and O–H groups in total. The summed E-state index contributed by atoms with van der Waals surface area (Å²) in [6, 6.07) is 16.6. The van der Waals surface area contributed by atoms with Gasteiger partial charge in [-0.3, -0.25) is 0 Å². The smallest absolute Gasteiger partial charge is 0.0485 e. The molecule has 0 saturated heterocycles. The highest BCUT2D eigenvalue weighted by Crippen LogP contribution is 2.15. The molecule has 0 atom stereocenters. The largest absolute Gasteiger partial charge is 0.0843 e. The predicted octanol–water partition coefficient (Wildman–Crippen LogP) is 4.38. The van der Waals surface area contributed by atoms with Gasteiger partial charge in [0.05, 0.1) is 0 Å². The second-order valence-corrected chi connectivity index (χ2v) is 4.19. The van der Waals surface area contributed by atoms with E-state index in [-0.39, 0.29) is 0 Å². The number of halogens is 2. The maximum absolute atomic E-state index is 5.81. The van der Waals surface area contributed by atoms with Gasteiger partial charge in [-0.1, -0.05) is 41.4 Å². The molecule has 0 amide bonds. The lowest BCUT2D eigenvalue weighted by Gasteiger charge is -2.01. The van der Waals surface area contributed by atoms with Gasteiger partial charge in [0.15, 0.2) is 0 Å². The third kappa shape index (κ3) is 2.98. The molecule has 0 aliphatic rings. The minimum Gasteiger partial charge on any atom is -0.0843 e. The fraction of sp³-hybridized carbons (Fsp3) is 0.0769. The minimum atomic E-state index is 0.648. The quantitative estimate of drug-likeness (QED) is 0.725. The molecule has 2 aromatic carbocycles. The number of rotatable bonds is 2. The molecule has 0 nitrogen and oxygen atoms in total. The van der Waals surface area contributed by atoms with Gasteiger partial charge in [-0.25, -0.2) is 0 Å². The van der Waals surface area contributed by atoms with Crippen LogP contribution >= 0.6 is 23.2 Å². The molecular formula is C13H9Cl2. The summed E-state index contributed by atoms with van der Waals surface area (Å²) < 4.78 is 0. The Morgan fingerprint density at radius 3 is 2.13 bits per heavy atom. The van der Waals surface area contributed by atoms with Crippen molar-refractivity contribution < 1.29 is 0 Å². The molecule has 0 aliphatic heterocycles. The van der Waals surface area contributed by atoms with Crippen LogP contribution in [0.25, 0.3) is 0 Å². The Balaban J connectivity index is 2.15. The topological polar surface area (TPSA) is 0 Å². The Morgan fingerprint density at radius 2 is 1.53 bits per heavy atom. The standard InChI is InChI=1S/C13H9Cl2/c14-12-5-1-10(2-6-12)9-11-3-7-13(15)8-4-11/h1-7H,9H2. The molecule has 1 radical (unpaired) electrons. The predicted molar refractivity (Wildman–Crippen MR) is 64.5 cm³/mol. The fourth-order valence-corrected chi connectivity index (χ4v) is 1.63. The fourth-order valence-electron chi connectivity index (χ4n) is 1.39. The average molecular weight is 236 g/mol. The molecule has 2 heteroatoms. The van der Waals surface area contributed by atoms with E-state index in [2.05, 4.69) is 6.07 Å². The molecule has 0 heterocycles. The van der Waals surface area contributed by atoms with Crippen LogP contribution in [0, 0.1) is 6.07 Å². The molecule has 2 aromatic rings. The van der Waals surface area contributed by atoms with E-state index in [9.17, 15) is 0 Å². The van der Waals surface area contributed by atoms with Crippen LogP contribution in [-0.2, 0) is 6.42 Å². The lowest BCUT2D eigenvalue weighted by atomic mass is 10.1. The number of benzene rings is 2. The van der Waals surface area contributed by atoms with Gasteiger partial charge in [0.25, 0.3) is 0 Å². The molecule has 0 bridgehead atoms. The zero-order valence-electron chi connectivity index (χ0n) is 8.00. The molecule has 15 heavy (non-hydrogen) atoms. The van der Waals surface area contributed by atoms with E-state index in [0.29, 0.717) is 5.02 Å². The van der Waals surface area contributed by atoms with Crippen LogP contribution < -0.4 is 0 Å². The van der Waals surface area contributed by atoms with Crippen LogP contribution in [0.2, 0.25) is 10.0 Å². The zero-order valence-corrected chi connectivity index (χ0v) is 9.52. The van der Waals surface area contributed by atoms with Gasteiger partial charge in [0.1, 0.15) is 0 Å². The molecule has 2 rings (SSSR count). The van der Waals surface area contributed by atoms with E-state index < -0.39 is 0 Å². The summed E-state index contributed by atoms with van der Waals surface area (Å²) in [7, 11) is 0. The average Bonchev–Trinajstić information content (AvgIpc) is 2.25. The van der Waals surface area contributed by atoms with Gasteiger partial charge in [0.2, 0.25) is 0 Å². The summed E-state index contributed by atoms with van der Waals surface area (Å²) >= 11 is 11.6. The van der Waals surface area contributed by atoms with Gasteiger partial charge in [-0.05, 0) is 41.8 Å². The van der Waals surface area contributed by atoms with Crippen LogP contribution in [0.1, 0.15) is 11.1 Å². The van der Waals surface area contributed by atoms with Crippen molar-refractivity contribution in [2.45, 2.75) is 6.42 Å². The van der Waals surface area contributed by atoms with Crippen molar-refractivity contribution in [1.29, 1.82) is 0 Å². The lowest BCUT2D eigenvalue weighted by molar-refractivity contribution is 1.19. The first-order chi connectivity index (χ1) is 7.24. The van der Waals surface area contributed by atoms with E-state index in [1.54, 1.807) is 0 Å². The van der Waals surface area contributed by atoms with Crippen molar-refractivity contribution in [1.82, 2.24) is 0 Å². The third-order valence-electron chi connectivity index (χ3n) is 2.16. The van der Waals surface area contributed by atoms with E-state index in [1.807, 2.05) is 42.5 Å². The van der Waals surface area contributed by atoms with Gasteiger partial charge in [-0.2, -0.15) is 0 Å². The van der Waals surface area contributed by atoms with Crippen LogP contribution in [0.4, 0.5) is 0 Å². The second kappa shape index (κ2) is 4.69. The third-order valence-corrected chi connectivity index (χ3v) is 2.65. The summed E-state index contributed by atoms with van der Waals surface area (Å²) in [6.45, 7) is 0. The molecule has 0 unspecified atom stereocenters. The van der Waals surface area contributed by atoms with E-state index in [1.165, 1.54) is 11.1 Å². The molecule has 0 fully saturated rings. The van der Waals surface area contributed by atoms with E-state index >= 15 is 0 Å². The van der Waals surface area contributed by atoms with Crippen LogP contribution in [0.15, 0.2) is 42.5 Å². The summed E-state index contributed by atoms with van der Waals surface area (Å²) in [6.07, 6.45) is 0.880. The maximum Gasteiger partial charge on any atom is 0.0485 e. The van der Waals surface area contributed by atoms with Crippen molar-refractivity contribution in [3.63, 3.8) is 0 Å². The van der Waals surface area contributed by atoms with E-state index in [0.717, 1.165) is 11.4 Å². The Labute approximate surface area is 99.5 Å². The van der Waals surface area contributed by atoms with Crippen LogP contribution in [0.3, 0.4) is 0 Å². The Morgan fingerprint density at radius 1 is 0.867 bits per heavy atom. The van der Waals surface area contributed by atoms with Gasteiger partial charge in [0, 0.05) is 16.1 Å². The van der Waals surface area contributed by atoms with Gasteiger partial charge < -0.3 is 0 Å². The lowest BCUT2D eigenvalue weighted by Crippen LogP contribution is -1.86. The molecule has 75 valence electrons. The van der Waals surface area contributed by atoms with Crippen LogP contribution in [-0.4, -0.2) is 0 Å². The first-order valence-corrected chi connectivity index (χ1v) is 5.40. The summed E-state index contributed by atoms with van der Waals surface area (Å²) in [5.41, 5.74) is 2.43. The van der Waals surface area contributed by atoms with Crippen molar-refractivity contribution in [2.75, 3.05) is 0 Å². The highest BCUT2D eigenvalue weighted by Gasteiger charge is 1.96. The normalized spacial score (nSPS) is 10.3. The highest BCUT2D eigenvalue weighted by molar-refractivity contribution is 6.30. The summed E-state index contributed by atoms with van der Waals surface area (Å²) in [5.74, 6) is 0. The molecule has 0 spiro atoms. The minimum absolute atomic E-state index is 0.648. The van der Waals surface area contributed by atoms with Gasteiger partial charge >= 0.3 is 0 Å².